The fourth-order valence-corrected chi connectivity index (χ4v) is 5.39. The molecule has 1 nitrogen and oxygen atoms in total. The van der Waals surface area contributed by atoms with Crippen LogP contribution in [-0.2, 0) is 0 Å². The number of anilines is 2. The van der Waals surface area contributed by atoms with Gasteiger partial charge in [0.2, 0.25) is 0 Å². The van der Waals surface area contributed by atoms with Gasteiger partial charge in [0.1, 0.15) is 0 Å². The lowest BCUT2D eigenvalue weighted by Gasteiger charge is -2.26. The summed E-state index contributed by atoms with van der Waals surface area (Å²) in [7, 11) is 0. The predicted molar refractivity (Wildman–Crippen MR) is 140 cm³/mol. The summed E-state index contributed by atoms with van der Waals surface area (Å²) in [5, 5.41) is 0. The number of hydrogen-bond acceptors (Lipinski definition) is 1. The van der Waals surface area contributed by atoms with E-state index >= 15 is 0 Å². The number of rotatable bonds is 3. The Morgan fingerprint density at radius 2 is 1.39 bits per heavy atom. The van der Waals surface area contributed by atoms with Gasteiger partial charge < -0.3 is 4.90 Å². The molecule has 160 valence electrons. The highest BCUT2D eigenvalue weighted by atomic mass is 15.2. The van der Waals surface area contributed by atoms with Gasteiger partial charge in [0.15, 0.2) is 0 Å². The zero-order valence-corrected chi connectivity index (χ0v) is 19.1. The number of fused-ring (bicyclic) bond motifs is 3. The second kappa shape index (κ2) is 7.94. The van der Waals surface area contributed by atoms with E-state index in [9.17, 15) is 0 Å². The van der Waals surface area contributed by atoms with E-state index in [0.29, 0.717) is 5.92 Å². The van der Waals surface area contributed by atoms with Crippen LogP contribution in [0.15, 0.2) is 115 Å². The second-order valence-corrected chi connectivity index (χ2v) is 9.11. The van der Waals surface area contributed by atoms with Crippen molar-refractivity contribution < 1.29 is 0 Å². The highest BCUT2D eigenvalue weighted by Crippen LogP contribution is 2.52. The highest BCUT2D eigenvalue weighted by molar-refractivity contribution is 5.84. The second-order valence-electron chi connectivity index (χ2n) is 9.11. The number of aryl methyl sites for hydroxylation is 2. The molecule has 1 aliphatic heterocycles. The van der Waals surface area contributed by atoms with Gasteiger partial charge in [-0.2, -0.15) is 0 Å². The molecule has 0 spiro atoms. The molecule has 6 rings (SSSR count). The molecule has 0 fully saturated rings. The average molecular weight is 426 g/mol. The Hall–Kier alpha value is -3.84. The SMILES string of the molecule is Cc1ccccc1-c1cc(C2=CC=C3C(C2)c2ccccc2N3c2ccccc2)ccc1C. The first-order valence-corrected chi connectivity index (χ1v) is 11.7. The first kappa shape index (κ1) is 19.8. The fraction of sp³-hybridized carbons (Fsp3) is 0.125. The van der Waals surface area contributed by atoms with Crippen molar-refractivity contribution in [1.82, 2.24) is 0 Å². The molecule has 1 unspecified atom stereocenters. The Morgan fingerprint density at radius 3 is 2.24 bits per heavy atom. The van der Waals surface area contributed by atoms with Gasteiger partial charge in [-0.05, 0) is 89.6 Å². The van der Waals surface area contributed by atoms with Gasteiger partial charge in [-0.15, -0.1) is 0 Å². The van der Waals surface area contributed by atoms with E-state index in [2.05, 4.69) is 128 Å². The molecule has 4 aromatic rings. The maximum absolute atomic E-state index is 2.43. The van der Waals surface area contributed by atoms with Gasteiger partial charge in [-0.3, -0.25) is 0 Å². The lowest BCUT2D eigenvalue weighted by molar-refractivity contribution is 0.832. The van der Waals surface area contributed by atoms with E-state index in [1.807, 2.05) is 0 Å². The summed E-state index contributed by atoms with van der Waals surface area (Å²) in [6, 6.07) is 35.2. The summed E-state index contributed by atoms with van der Waals surface area (Å²) < 4.78 is 0. The van der Waals surface area contributed by atoms with Crippen LogP contribution in [0.4, 0.5) is 11.4 Å². The van der Waals surface area contributed by atoms with Crippen LogP contribution in [0.1, 0.15) is 34.6 Å². The number of benzene rings is 4. The van der Waals surface area contributed by atoms with Gasteiger partial charge in [-0.1, -0.05) is 78.9 Å². The molecular formula is C32H27N. The highest BCUT2D eigenvalue weighted by Gasteiger charge is 2.36. The van der Waals surface area contributed by atoms with E-state index in [4.69, 9.17) is 0 Å². The monoisotopic (exact) mass is 425 g/mol. The lowest BCUT2D eigenvalue weighted by atomic mass is 9.83. The zero-order valence-electron chi connectivity index (χ0n) is 19.1. The summed E-state index contributed by atoms with van der Waals surface area (Å²) in [6.07, 6.45) is 5.69. The van der Waals surface area contributed by atoms with E-state index in [1.54, 1.807) is 0 Å². The zero-order chi connectivity index (χ0) is 22.4. The van der Waals surface area contributed by atoms with Crippen LogP contribution in [-0.4, -0.2) is 0 Å². The van der Waals surface area contributed by atoms with Crippen LogP contribution in [0.5, 0.6) is 0 Å². The third kappa shape index (κ3) is 3.32. The van der Waals surface area contributed by atoms with Crippen molar-refractivity contribution >= 4 is 16.9 Å². The van der Waals surface area contributed by atoms with Crippen molar-refractivity contribution in [2.45, 2.75) is 26.2 Å². The molecular weight excluding hydrogens is 398 g/mol. The largest absolute Gasteiger partial charge is 0.313 e. The van der Waals surface area contributed by atoms with Crippen LogP contribution < -0.4 is 4.90 Å². The minimum Gasteiger partial charge on any atom is -0.313 e. The maximum Gasteiger partial charge on any atom is 0.0497 e. The van der Waals surface area contributed by atoms with Crippen molar-refractivity contribution in [2.24, 2.45) is 0 Å². The van der Waals surface area contributed by atoms with Crippen LogP contribution >= 0.6 is 0 Å². The van der Waals surface area contributed by atoms with Crippen LogP contribution in [0.3, 0.4) is 0 Å². The Labute approximate surface area is 196 Å². The molecule has 1 heteroatoms. The standard InChI is InChI=1S/C32H27N/c1-22-10-6-7-13-27(22)29-20-24(17-16-23(29)2)25-18-19-32-30(21-25)28-14-8-9-15-31(28)33(32)26-11-4-3-5-12-26/h3-20,30H,21H2,1-2H3. The number of allylic oxidation sites excluding steroid dienone is 4. The quantitative estimate of drug-likeness (QED) is 0.318. The predicted octanol–water partition coefficient (Wildman–Crippen LogP) is 8.58. The summed E-state index contributed by atoms with van der Waals surface area (Å²) in [5.74, 6) is 0.379. The van der Waals surface area contributed by atoms with Crippen molar-refractivity contribution in [3.8, 4) is 11.1 Å². The number of hydrogen-bond donors (Lipinski definition) is 0. The van der Waals surface area contributed by atoms with Crippen molar-refractivity contribution in [3.63, 3.8) is 0 Å². The topological polar surface area (TPSA) is 3.24 Å². The minimum atomic E-state index is 0.379. The molecule has 0 amide bonds. The Kier molecular flexibility index (Phi) is 4.77. The summed E-state index contributed by atoms with van der Waals surface area (Å²) in [5.41, 5.74) is 13.4. The molecule has 0 bridgehead atoms. The van der Waals surface area contributed by atoms with Crippen LogP contribution in [0, 0.1) is 13.8 Å². The Bertz CT molecular complexity index is 1410. The summed E-state index contributed by atoms with van der Waals surface area (Å²) in [4.78, 5) is 2.43. The van der Waals surface area contributed by atoms with Gasteiger partial charge in [-0.25, -0.2) is 0 Å². The van der Waals surface area contributed by atoms with Crippen LogP contribution in [0.25, 0.3) is 16.7 Å². The first-order valence-electron chi connectivity index (χ1n) is 11.7. The van der Waals surface area contributed by atoms with E-state index in [0.717, 1.165) is 6.42 Å². The average Bonchev–Trinajstić information content (AvgIpc) is 3.19. The summed E-state index contributed by atoms with van der Waals surface area (Å²) in [6.45, 7) is 4.41. The Balaban J connectivity index is 1.43. The van der Waals surface area contributed by atoms with Gasteiger partial charge in [0, 0.05) is 23.0 Å². The fourth-order valence-electron chi connectivity index (χ4n) is 5.39. The maximum atomic E-state index is 2.43. The molecule has 1 heterocycles. The van der Waals surface area contributed by atoms with Crippen molar-refractivity contribution in [1.29, 1.82) is 0 Å². The first-order chi connectivity index (χ1) is 16.2. The smallest absolute Gasteiger partial charge is 0.0497 e. The molecule has 0 radical (unpaired) electrons. The van der Waals surface area contributed by atoms with Gasteiger partial charge >= 0.3 is 0 Å². The molecule has 0 saturated carbocycles. The molecule has 0 aromatic heterocycles. The van der Waals surface area contributed by atoms with Gasteiger partial charge in [0.25, 0.3) is 0 Å². The summed E-state index contributed by atoms with van der Waals surface area (Å²) >= 11 is 0. The molecule has 1 atom stereocenters. The molecule has 33 heavy (non-hydrogen) atoms. The number of para-hydroxylation sites is 2. The number of nitrogens with zero attached hydrogens (tertiary/aromatic N) is 1. The third-order valence-electron chi connectivity index (χ3n) is 7.11. The van der Waals surface area contributed by atoms with E-state index in [1.165, 1.54) is 56.0 Å². The van der Waals surface area contributed by atoms with Crippen LogP contribution in [0.2, 0.25) is 0 Å². The molecule has 0 saturated heterocycles. The van der Waals surface area contributed by atoms with Gasteiger partial charge in [0.05, 0.1) is 0 Å². The van der Waals surface area contributed by atoms with E-state index in [-0.39, 0.29) is 0 Å². The van der Waals surface area contributed by atoms with E-state index < -0.39 is 0 Å². The molecule has 2 aliphatic rings. The lowest BCUT2D eigenvalue weighted by Crippen LogP contribution is -2.15. The minimum absolute atomic E-state index is 0.379. The normalized spacial score (nSPS) is 16.7. The molecule has 4 aromatic carbocycles. The molecule has 1 aliphatic carbocycles. The van der Waals surface area contributed by atoms with Crippen molar-refractivity contribution in [3.05, 3.63) is 137 Å². The Morgan fingerprint density at radius 1 is 0.667 bits per heavy atom. The van der Waals surface area contributed by atoms with Crippen molar-refractivity contribution in [2.75, 3.05) is 4.90 Å². The molecule has 0 N–H and O–H groups in total. The third-order valence-corrected chi connectivity index (χ3v) is 7.11.